The number of rotatable bonds is 3. The van der Waals surface area contributed by atoms with Gasteiger partial charge in [-0.2, -0.15) is 0 Å². The van der Waals surface area contributed by atoms with Gasteiger partial charge in [0.05, 0.1) is 17.7 Å². The second-order valence-corrected chi connectivity index (χ2v) is 6.05. The standard InChI is InChI=1S/C14H16BrNO3/c1-14(2,8-17)16-13(18)10-5-9-6-11(15)3-4-12(9)19-7-10/h3-6,17H,7-8H2,1-2H3,(H,16,18). The highest BCUT2D eigenvalue weighted by Gasteiger charge is 2.23. The van der Waals surface area contributed by atoms with Crippen LogP contribution in [0, 0.1) is 0 Å². The predicted molar refractivity (Wildman–Crippen MR) is 76.9 cm³/mol. The lowest BCUT2D eigenvalue weighted by molar-refractivity contribution is -0.119. The molecule has 1 amide bonds. The maximum Gasteiger partial charge on any atom is 0.251 e. The number of aliphatic hydroxyl groups excluding tert-OH is 1. The van der Waals surface area contributed by atoms with E-state index in [0.29, 0.717) is 5.57 Å². The van der Waals surface area contributed by atoms with Gasteiger partial charge in [0.15, 0.2) is 0 Å². The van der Waals surface area contributed by atoms with Gasteiger partial charge in [0.2, 0.25) is 0 Å². The number of hydrogen-bond acceptors (Lipinski definition) is 3. The average molecular weight is 326 g/mol. The third kappa shape index (κ3) is 3.36. The van der Waals surface area contributed by atoms with E-state index in [1.165, 1.54) is 0 Å². The molecule has 0 aliphatic carbocycles. The maximum atomic E-state index is 12.1. The van der Waals surface area contributed by atoms with E-state index in [-0.39, 0.29) is 19.1 Å². The molecule has 4 nitrogen and oxygen atoms in total. The van der Waals surface area contributed by atoms with E-state index in [2.05, 4.69) is 21.2 Å². The highest BCUT2D eigenvalue weighted by atomic mass is 79.9. The Morgan fingerprint density at radius 2 is 2.26 bits per heavy atom. The summed E-state index contributed by atoms with van der Waals surface area (Å²) in [6.07, 6.45) is 1.81. The van der Waals surface area contributed by atoms with Crippen LogP contribution in [0.15, 0.2) is 28.2 Å². The van der Waals surface area contributed by atoms with Crippen molar-refractivity contribution in [2.24, 2.45) is 0 Å². The lowest BCUT2D eigenvalue weighted by Gasteiger charge is -2.25. The number of carbonyl (C=O) groups is 1. The quantitative estimate of drug-likeness (QED) is 0.894. The van der Waals surface area contributed by atoms with Crippen molar-refractivity contribution in [2.45, 2.75) is 19.4 Å². The number of carbonyl (C=O) groups excluding carboxylic acids is 1. The molecule has 102 valence electrons. The monoisotopic (exact) mass is 325 g/mol. The molecule has 19 heavy (non-hydrogen) atoms. The zero-order valence-electron chi connectivity index (χ0n) is 10.9. The van der Waals surface area contributed by atoms with Crippen molar-refractivity contribution in [3.8, 4) is 5.75 Å². The minimum atomic E-state index is -0.643. The summed E-state index contributed by atoms with van der Waals surface area (Å²) in [4.78, 5) is 12.1. The molecule has 2 rings (SSSR count). The second-order valence-electron chi connectivity index (χ2n) is 5.14. The molecular weight excluding hydrogens is 310 g/mol. The molecule has 0 atom stereocenters. The fraction of sp³-hybridized carbons (Fsp3) is 0.357. The van der Waals surface area contributed by atoms with Crippen LogP contribution in [0.1, 0.15) is 19.4 Å². The fourth-order valence-electron chi connectivity index (χ4n) is 1.71. The molecule has 0 saturated heterocycles. The number of ether oxygens (including phenoxy) is 1. The Morgan fingerprint density at radius 3 is 2.95 bits per heavy atom. The smallest absolute Gasteiger partial charge is 0.251 e. The number of amides is 1. The van der Waals surface area contributed by atoms with Crippen LogP contribution in [0.3, 0.4) is 0 Å². The van der Waals surface area contributed by atoms with Crippen LogP contribution >= 0.6 is 15.9 Å². The number of hydrogen-bond donors (Lipinski definition) is 2. The number of fused-ring (bicyclic) bond motifs is 1. The summed E-state index contributed by atoms with van der Waals surface area (Å²) in [6.45, 7) is 3.65. The minimum absolute atomic E-state index is 0.116. The summed E-state index contributed by atoms with van der Waals surface area (Å²) in [7, 11) is 0. The van der Waals surface area contributed by atoms with Gasteiger partial charge >= 0.3 is 0 Å². The summed E-state index contributed by atoms with van der Waals surface area (Å²) in [6, 6.07) is 5.66. The van der Waals surface area contributed by atoms with Crippen LogP contribution in [0.25, 0.3) is 6.08 Å². The van der Waals surface area contributed by atoms with Gasteiger partial charge in [-0.25, -0.2) is 0 Å². The van der Waals surface area contributed by atoms with E-state index in [9.17, 15) is 4.79 Å². The molecule has 1 heterocycles. The van der Waals surface area contributed by atoms with Crippen molar-refractivity contribution in [3.63, 3.8) is 0 Å². The van der Waals surface area contributed by atoms with Crippen molar-refractivity contribution in [2.75, 3.05) is 13.2 Å². The van der Waals surface area contributed by atoms with Crippen LogP contribution in [0.4, 0.5) is 0 Å². The molecule has 0 aromatic heterocycles. The molecule has 1 aromatic rings. The second kappa shape index (κ2) is 5.35. The Morgan fingerprint density at radius 1 is 1.53 bits per heavy atom. The van der Waals surface area contributed by atoms with Crippen molar-refractivity contribution in [1.29, 1.82) is 0 Å². The van der Waals surface area contributed by atoms with E-state index in [0.717, 1.165) is 15.8 Å². The minimum Gasteiger partial charge on any atom is -0.488 e. The third-order valence-corrected chi connectivity index (χ3v) is 3.32. The zero-order valence-corrected chi connectivity index (χ0v) is 12.5. The van der Waals surface area contributed by atoms with Gasteiger partial charge < -0.3 is 15.2 Å². The van der Waals surface area contributed by atoms with E-state index in [4.69, 9.17) is 9.84 Å². The van der Waals surface area contributed by atoms with Crippen LogP contribution in [-0.4, -0.2) is 29.8 Å². The highest BCUT2D eigenvalue weighted by Crippen LogP contribution is 2.29. The molecule has 0 bridgehead atoms. The zero-order chi connectivity index (χ0) is 14.0. The number of aliphatic hydroxyl groups is 1. The molecule has 0 saturated carbocycles. The van der Waals surface area contributed by atoms with Crippen LogP contribution in [0.2, 0.25) is 0 Å². The lowest BCUT2D eigenvalue weighted by atomic mass is 10.0. The summed E-state index contributed by atoms with van der Waals surface area (Å²) < 4.78 is 6.48. The molecule has 0 spiro atoms. The first-order chi connectivity index (χ1) is 8.91. The Hall–Kier alpha value is -1.33. The third-order valence-electron chi connectivity index (χ3n) is 2.82. The van der Waals surface area contributed by atoms with Crippen LogP contribution in [0.5, 0.6) is 5.75 Å². The van der Waals surface area contributed by atoms with Gasteiger partial charge in [-0.05, 0) is 38.1 Å². The molecular formula is C14H16BrNO3. The number of benzene rings is 1. The normalized spacial score (nSPS) is 14.2. The van der Waals surface area contributed by atoms with Gasteiger partial charge in [0, 0.05) is 10.0 Å². The molecule has 5 heteroatoms. The molecule has 2 N–H and O–H groups in total. The fourth-order valence-corrected chi connectivity index (χ4v) is 2.09. The SMILES string of the molecule is CC(C)(CO)NC(=O)C1=Cc2cc(Br)ccc2OC1. The Bertz CT molecular complexity index is 537. The summed E-state index contributed by atoms with van der Waals surface area (Å²) in [5, 5.41) is 11.9. The van der Waals surface area contributed by atoms with Crippen molar-refractivity contribution < 1.29 is 14.6 Å². The molecule has 0 fully saturated rings. The van der Waals surface area contributed by atoms with Gasteiger partial charge in [-0.15, -0.1) is 0 Å². The summed E-state index contributed by atoms with van der Waals surface area (Å²) in [5.74, 6) is 0.547. The van der Waals surface area contributed by atoms with E-state index in [1.807, 2.05) is 24.3 Å². The largest absolute Gasteiger partial charge is 0.488 e. The van der Waals surface area contributed by atoms with Gasteiger partial charge in [-0.3, -0.25) is 4.79 Å². The van der Waals surface area contributed by atoms with E-state index >= 15 is 0 Å². The first-order valence-corrected chi connectivity index (χ1v) is 6.77. The highest BCUT2D eigenvalue weighted by molar-refractivity contribution is 9.10. The molecule has 1 aliphatic heterocycles. The first-order valence-electron chi connectivity index (χ1n) is 5.97. The predicted octanol–water partition coefficient (Wildman–Crippen LogP) is 2.11. The van der Waals surface area contributed by atoms with Gasteiger partial charge in [-0.1, -0.05) is 15.9 Å². The van der Waals surface area contributed by atoms with E-state index in [1.54, 1.807) is 13.8 Å². The molecule has 1 aliphatic rings. The summed E-state index contributed by atoms with van der Waals surface area (Å²) >= 11 is 3.39. The molecule has 0 unspecified atom stereocenters. The number of halogens is 1. The van der Waals surface area contributed by atoms with E-state index < -0.39 is 5.54 Å². The van der Waals surface area contributed by atoms with Gasteiger partial charge in [0.25, 0.3) is 5.91 Å². The van der Waals surface area contributed by atoms with Crippen molar-refractivity contribution >= 4 is 27.9 Å². The lowest BCUT2D eigenvalue weighted by Crippen LogP contribution is -2.47. The number of nitrogens with one attached hydrogen (secondary N) is 1. The van der Waals surface area contributed by atoms with Gasteiger partial charge in [0.1, 0.15) is 12.4 Å². The summed E-state index contributed by atoms with van der Waals surface area (Å²) in [5.41, 5.74) is 0.773. The van der Waals surface area contributed by atoms with Crippen molar-refractivity contribution in [1.82, 2.24) is 5.32 Å². The topological polar surface area (TPSA) is 58.6 Å². The first kappa shape index (κ1) is 14.1. The molecule has 1 aromatic carbocycles. The maximum absolute atomic E-state index is 12.1. The van der Waals surface area contributed by atoms with Crippen LogP contribution < -0.4 is 10.1 Å². The average Bonchev–Trinajstić information content (AvgIpc) is 2.37. The Balaban J connectivity index is 2.21. The Labute approximate surface area is 120 Å². The Kier molecular flexibility index (Phi) is 3.96. The van der Waals surface area contributed by atoms with Crippen molar-refractivity contribution in [3.05, 3.63) is 33.8 Å². The molecule has 0 radical (unpaired) electrons. The van der Waals surface area contributed by atoms with Crippen LogP contribution in [-0.2, 0) is 4.79 Å².